The maximum Gasteiger partial charge on any atom is 0.277 e. The summed E-state index contributed by atoms with van der Waals surface area (Å²) in [6, 6.07) is 2.23. The summed E-state index contributed by atoms with van der Waals surface area (Å²) in [6.07, 6.45) is 1.23. The van der Waals surface area contributed by atoms with Gasteiger partial charge in [-0.2, -0.15) is 0 Å². The smallest absolute Gasteiger partial charge is 0.277 e. The van der Waals surface area contributed by atoms with E-state index in [9.17, 15) is 13.6 Å². The first-order valence-electron chi connectivity index (χ1n) is 6.63. The van der Waals surface area contributed by atoms with E-state index in [4.69, 9.17) is 39.9 Å². The number of anilines is 2. The van der Waals surface area contributed by atoms with Gasteiger partial charge in [0.15, 0.2) is 11.6 Å². The number of nitrogens with zero attached hydrogens (tertiary/aromatic N) is 1. The first kappa shape index (κ1) is 19.6. The SMILES string of the molecule is O=C(NOCCO)c1cc(Cl)c(F)c(F)c1Nc1ncc(Cl)cc1Cl. The molecule has 1 amide bonds. The number of benzene rings is 1. The number of hydroxylamine groups is 1. The van der Waals surface area contributed by atoms with Crippen LogP contribution in [0.15, 0.2) is 18.3 Å². The fourth-order valence-electron chi connectivity index (χ4n) is 1.74. The van der Waals surface area contributed by atoms with Gasteiger partial charge in [-0.25, -0.2) is 19.2 Å². The van der Waals surface area contributed by atoms with Gasteiger partial charge in [0.2, 0.25) is 0 Å². The highest BCUT2D eigenvalue weighted by Gasteiger charge is 2.23. The lowest BCUT2D eigenvalue weighted by atomic mass is 10.1. The van der Waals surface area contributed by atoms with Crippen molar-refractivity contribution < 1.29 is 23.5 Å². The van der Waals surface area contributed by atoms with Crippen LogP contribution in [0.25, 0.3) is 0 Å². The zero-order valence-corrected chi connectivity index (χ0v) is 14.5. The van der Waals surface area contributed by atoms with Crippen LogP contribution in [0.4, 0.5) is 20.3 Å². The lowest BCUT2D eigenvalue weighted by molar-refractivity contribution is 0.0168. The molecule has 0 aliphatic rings. The number of rotatable bonds is 6. The Hall–Kier alpha value is -1.71. The number of aromatic nitrogens is 1. The summed E-state index contributed by atoms with van der Waals surface area (Å²) in [5.74, 6) is -3.76. The Labute approximate surface area is 155 Å². The Balaban J connectivity index is 2.44. The summed E-state index contributed by atoms with van der Waals surface area (Å²) in [6.45, 7) is -0.551. The molecule has 0 aliphatic heterocycles. The van der Waals surface area contributed by atoms with E-state index in [0.717, 1.165) is 6.07 Å². The molecule has 2 aromatic rings. The molecular weight excluding hydrogens is 403 g/mol. The van der Waals surface area contributed by atoms with Crippen LogP contribution in [-0.4, -0.2) is 29.2 Å². The summed E-state index contributed by atoms with van der Waals surface area (Å²) in [7, 11) is 0. The molecule has 1 aromatic carbocycles. The molecule has 0 saturated carbocycles. The third-order valence-electron chi connectivity index (χ3n) is 2.82. The van der Waals surface area contributed by atoms with E-state index in [1.54, 1.807) is 0 Å². The van der Waals surface area contributed by atoms with Gasteiger partial charge in [0, 0.05) is 6.20 Å². The van der Waals surface area contributed by atoms with Crippen molar-refractivity contribution >= 4 is 52.2 Å². The van der Waals surface area contributed by atoms with Crippen LogP contribution in [0.2, 0.25) is 15.1 Å². The molecule has 25 heavy (non-hydrogen) atoms. The summed E-state index contributed by atoms with van der Waals surface area (Å²) >= 11 is 17.2. The van der Waals surface area contributed by atoms with Crippen LogP contribution in [0.3, 0.4) is 0 Å². The topological polar surface area (TPSA) is 83.5 Å². The molecule has 0 atom stereocenters. The normalized spacial score (nSPS) is 10.6. The highest BCUT2D eigenvalue weighted by atomic mass is 35.5. The fourth-order valence-corrected chi connectivity index (χ4v) is 2.36. The Bertz CT molecular complexity index is 809. The first-order valence-corrected chi connectivity index (χ1v) is 7.77. The summed E-state index contributed by atoms with van der Waals surface area (Å²) in [5, 5.41) is 10.7. The van der Waals surface area contributed by atoms with Gasteiger partial charge in [0.25, 0.3) is 5.91 Å². The van der Waals surface area contributed by atoms with Crippen LogP contribution in [0.1, 0.15) is 10.4 Å². The quantitative estimate of drug-likeness (QED) is 0.383. The molecule has 0 radical (unpaired) electrons. The van der Waals surface area contributed by atoms with Crippen LogP contribution >= 0.6 is 34.8 Å². The maximum absolute atomic E-state index is 14.3. The molecular formula is C14H10Cl3F2N3O3. The Morgan fingerprint density at radius 2 is 1.92 bits per heavy atom. The van der Waals surface area contributed by atoms with Crippen molar-refractivity contribution in [1.82, 2.24) is 10.5 Å². The van der Waals surface area contributed by atoms with Gasteiger partial charge in [-0.1, -0.05) is 34.8 Å². The Morgan fingerprint density at radius 1 is 1.20 bits per heavy atom. The third-order valence-corrected chi connectivity index (χ3v) is 3.59. The van der Waals surface area contributed by atoms with Crippen molar-refractivity contribution in [2.45, 2.75) is 0 Å². The van der Waals surface area contributed by atoms with Crippen LogP contribution < -0.4 is 10.8 Å². The molecule has 1 heterocycles. The van der Waals surface area contributed by atoms with E-state index in [2.05, 4.69) is 15.1 Å². The summed E-state index contributed by atoms with van der Waals surface area (Å²) in [5.41, 5.74) is 1.04. The lowest BCUT2D eigenvalue weighted by Crippen LogP contribution is -2.26. The second-order valence-electron chi connectivity index (χ2n) is 4.52. The number of carbonyl (C=O) groups excluding carboxylic acids is 1. The van der Waals surface area contributed by atoms with Gasteiger partial charge >= 0.3 is 0 Å². The highest BCUT2D eigenvalue weighted by Crippen LogP contribution is 2.33. The lowest BCUT2D eigenvalue weighted by Gasteiger charge is -2.14. The summed E-state index contributed by atoms with van der Waals surface area (Å²) < 4.78 is 28.1. The second-order valence-corrected chi connectivity index (χ2v) is 5.77. The number of carbonyl (C=O) groups is 1. The molecule has 0 spiro atoms. The molecule has 3 N–H and O–H groups in total. The number of amides is 1. The van der Waals surface area contributed by atoms with Crippen molar-refractivity contribution in [3.8, 4) is 0 Å². The van der Waals surface area contributed by atoms with Crippen molar-refractivity contribution in [2.75, 3.05) is 18.5 Å². The van der Waals surface area contributed by atoms with E-state index >= 15 is 0 Å². The Morgan fingerprint density at radius 3 is 2.56 bits per heavy atom. The average molecular weight is 413 g/mol. The van der Waals surface area contributed by atoms with E-state index < -0.39 is 28.3 Å². The molecule has 6 nitrogen and oxygen atoms in total. The van der Waals surface area contributed by atoms with E-state index in [-0.39, 0.29) is 34.6 Å². The molecule has 1 aromatic heterocycles. The minimum atomic E-state index is -1.41. The van der Waals surface area contributed by atoms with E-state index in [1.165, 1.54) is 12.3 Å². The van der Waals surface area contributed by atoms with Crippen LogP contribution in [0.5, 0.6) is 0 Å². The van der Waals surface area contributed by atoms with E-state index in [1.807, 2.05) is 5.48 Å². The number of halogens is 5. The standard InChI is InChI=1S/C14H10Cl3F2N3O3/c15-6-3-9(17)13(20-5-6)21-12-7(14(24)22-25-2-1-23)4-8(16)10(18)11(12)19/h3-5,23H,1-2H2,(H,20,21)(H,22,24). The maximum atomic E-state index is 14.3. The van der Waals surface area contributed by atoms with Crippen molar-refractivity contribution in [2.24, 2.45) is 0 Å². The number of hydrogen-bond acceptors (Lipinski definition) is 5. The minimum absolute atomic E-state index is 0.0187. The molecule has 2 rings (SSSR count). The predicted octanol–water partition coefficient (Wildman–Crippen LogP) is 3.72. The van der Waals surface area contributed by atoms with E-state index in [0.29, 0.717) is 0 Å². The second kappa shape index (κ2) is 8.59. The molecule has 134 valence electrons. The molecule has 0 unspecified atom stereocenters. The highest BCUT2D eigenvalue weighted by molar-refractivity contribution is 6.36. The average Bonchev–Trinajstić information content (AvgIpc) is 2.57. The van der Waals surface area contributed by atoms with Gasteiger partial charge in [0.1, 0.15) is 5.82 Å². The number of aliphatic hydroxyl groups is 1. The van der Waals surface area contributed by atoms with Crippen molar-refractivity contribution in [1.29, 1.82) is 0 Å². The van der Waals surface area contributed by atoms with Gasteiger partial charge in [-0.05, 0) is 12.1 Å². The third kappa shape index (κ3) is 4.68. The zero-order chi connectivity index (χ0) is 18.6. The number of nitrogens with one attached hydrogen (secondary N) is 2. The van der Waals surface area contributed by atoms with Crippen molar-refractivity contribution in [3.05, 3.63) is 50.6 Å². The predicted molar refractivity (Wildman–Crippen MR) is 89.4 cm³/mol. The molecule has 0 aliphatic carbocycles. The van der Waals surface area contributed by atoms with Gasteiger partial charge in [-0.15, -0.1) is 0 Å². The zero-order valence-electron chi connectivity index (χ0n) is 12.2. The first-order chi connectivity index (χ1) is 11.8. The monoisotopic (exact) mass is 411 g/mol. The molecule has 0 bridgehead atoms. The van der Waals surface area contributed by atoms with Crippen molar-refractivity contribution in [3.63, 3.8) is 0 Å². The number of aliphatic hydroxyl groups excluding tert-OH is 1. The largest absolute Gasteiger partial charge is 0.394 e. The molecule has 0 fully saturated rings. The van der Waals surface area contributed by atoms with Gasteiger partial charge in [-0.3, -0.25) is 9.63 Å². The van der Waals surface area contributed by atoms with Crippen LogP contribution in [0, 0.1) is 11.6 Å². The fraction of sp³-hybridized carbons (Fsp3) is 0.143. The molecule has 11 heteroatoms. The van der Waals surface area contributed by atoms with Crippen LogP contribution in [-0.2, 0) is 4.84 Å². The minimum Gasteiger partial charge on any atom is -0.394 e. The number of hydrogen-bond donors (Lipinski definition) is 3. The van der Waals surface area contributed by atoms with Gasteiger partial charge in [0.05, 0.1) is 39.5 Å². The van der Waals surface area contributed by atoms with Gasteiger partial charge < -0.3 is 10.4 Å². The summed E-state index contributed by atoms with van der Waals surface area (Å²) in [4.78, 5) is 20.6. The Kier molecular flexibility index (Phi) is 6.74. The molecule has 0 saturated heterocycles. The number of pyridine rings is 1.